The highest BCUT2D eigenvalue weighted by atomic mass is 16.7. The van der Waals surface area contributed by atoms with E-state index in [4.69, 9.17) is 30.2 Å². The van der Waals surface area contributed by atoms with Crippen LogP contribution in [0.15, 0.2) is 53.7 Å². The second-order valence-corrected chi connectivity index (χ2v) is 8.28. The molecule has 1 aromatic heterocycles. The van der Waals surface area contributed by atoms with Gasteiger partial charge in [0.2, 0.25) is 12.6 Å². The maximum absolute atomic E-state index is 13.2. The van der Waals surface area contributed by atoms with E-state index in [1.165, 1.54) is 6.92 Å². The Kier molecular flexibility index (Phi) is 5.67. The third-order valence-corrected chi connectivity index (χ3v) is 6.00. The molecule has 0 amide bonds. The molecule has 3 aromatic rings. The summed E-state index contributed by atoms with van der Waals surface area (Å²) in [4.78, 5) is 30.4. The SMILES string of the molecule is C/C(N)=C(\C#N)C(=O)COC(=O)c1c2c(nc3ccccc13)/C(=C\c1ccc3c(c1)OCO3)CC2. The van der Waals surface area contributed by atoms with Gasteiger partial charge >= 0.3 is 5.97 Å². The number of nitrogens with zero attached hydrogens (tertiary/aromatic N) is 2. The maximum Gasteiger partial charge on any atom is 0.339 e. The molecule has 174 valence electrons. The van der Waals surface area contributed by atoms with Crippen molar-refractivity contribution in [2.75, 3.05) is 13.4 Å². The van der Waals surface area contributed by atoms with Gasteiger partial charge in [-0.1, -0.05) is 24.3 Å². The van der Waals surface area contributed by atoms with Crippen molar-refractivity contribution in [3.8, 4) is 17.6 Å². The number of carbonyl (C=O) groups excluding carboxylic acids is 2. The predicted octanol–water partition coefficient (Wildman–Crippen LogP) is 3.93. The van der Waals surface area contributed by atoms with Gasteiger partial charge in [-0.15, -0.1) is 0 Å². The summed E-state index contributed by atoms with van der Waals surface area (Å²) in [7, 11) is 0. The van der Waals surface area contributed by atoms with Gasteiger partial charge in [0.25, 0.3) is 0 Å². The summed E-state index contributed by atoms with van der Waals surface area (Å²) < 4.78 is 16.2. The molecule has 0 saturated heterocycles. The van der Waals surface area contributed by atoms with Crippen LogP contribution in [0.4, 0.5) is 0 Å². The quantitative estimate of drug-likeness (QED) is 0.340. The number of rotatable bonds is 5. The number of aromatic nitrogens is 1. The van der Waals surface area contributed by atoms with E-state index in [2.05, 4.69) is 0 Å². The first kappa shape index (κ1) is 22.2. The lowest BCUT2D eigenvalue weighted by Gasteiger charge is -2.12. The Morgan fingerprint density at radius 2 is 1.97 bits per heavy atom. The van der Waals surface area contributed by atoms with E-state index in [9.17, 15) is 9.59 Å². The lowest BCUT2D eigenvalue weighted by atomic mass is 10.0. The van der Waals surface area contributed by atoms with E-state index in [0.717, 1.165) is 22.4 Å². The van der Waals surface area contributed by atoms with Gasteiger partial charge in [0, 0.05) is 11.1 Å². The molecule has 0 bridgehead atoms. The van der Waals surface area contributed by atoms with Crippen molar-refractivity contribution >= 4 is 34.3 Å². The molecule has 2 heterocycles. The lowest BCUT2D eigenvalue weighted by Crippen LogP contribution is -2.19. The average molecular weight is 467 g/mol. The molecule has 8 heteroatoms. The largest absolute Gasteiger partial charge is 0.454 e. The summed E-state index contributed by atoms with van der Waals surface area (Å²) in [5.74, 6) is 0.127. The van der Waals surface area contributed by atoms with E-state index in [-0.39, 0.29) is 18.1 Å². The molecule has 2 aromatic carbocycles. The van der Waals surface area contributed by atoms with Gasteiger partial charge < -0.3 is 19.9 Å². The normalized spacial score (nSPS) is 15.5. The van der Waals surface area contributed by atoms with Gasteiger partial charge in [-0.25, -0.2) is 9.78 Å². The second-order valence-electron chi connectivity index (χ2n) is 8.28. The van der Waals surface area contributed by atoms with Crippen molar-refractivity contribution in [1.29, 1.82) is 5.26 Å². The number of carbonyl (C=O) groups is 2. The predicted molar refractivity (Wildman–Crippen MR) is 128 cm³/mol. The smallest absolute Gasteiger partial charge is 0.339 e. The minimum absolute atomic E-state index is 0.0853. The van der Waals surface area contributed by atoms with Crippen molar-refractivity contribution in [2.45, 2.75) is 19.8 Å². The zero-order chi connectivity index (χ0) is 24.5. The number of allylic oxidation sites excluding steroid dienone is 2. The van der Waals surface area contributed by atoms with E-state index in [1.807, 2.05) is 48.5 Å². The number of fused-ring (bicyclic) bond motifs is 3. The molecule has 0 spiro atoms. The van der Waals surface area contributed by atoms with Crippen molar-refractivity contribution in [1.82, 2.24) is 4.98 Å². The molecular formula is C27H21N3O5. The number of pyridine rings is 1. The van der Waals surface area contributed by atoms with Crippen molar-refractivity contribution in [3.63, 3.8) is 0 Å². The monoisotopic (exact) mass is 467 g/mol. The van der Waals surface area contributed by atoms with Crippen molar-refractivity contribution in [3.05, 3.63) is 76.1 Å². The fourth-order valence-corrected chi connectivity index (χ4v) is 4.36. The molecule has 0 radical (unpaired) electrons. The van der Waals surface area contributed by atoms with Crippen LogP contribution in [-0.4, -0.2) is 30.1 Å². The van der Waals surface area contributed by atoms with Crippen molar-refractivity contribution < 1.29 is 23.8 Å². The first-order chi connectivity index (χ1) is 17.0. The van der Waals surface area contributed by atoms with Crippen LogP contribution in [-0.2, 0) is 16.0 Å². The molecule has 0 unspecified atom stereocenters. The van der Waals surface area contributed by atoms with Crippen LogP contribution in [0, 0.1) is 11.3 Å². The van der Waals surface area contributed by atoms with E-state index >= 15 is 0 Å². The van der Waals surface area contributed by atoms with Crippen LogP contribution < -0.4 is 15.2 Å². The van der Waals surface area contributed by atoms with E-state index < -0.39 is 18.4 Å². The molecule has 0 fully saturated rings. The molecule has 0 atom stereocenters. The number of Topliss-reactive ketones (excluding diaryl/α,β-unsaturated/α-hetero) is 1. The van der Waals surface area contributed by atoms with E-state index in [0.29, 0.717) is 40.8 Å². The van der Waals surface area contributed by atoms with Gasteiger partial charge in [-0.2, -0.15) is 5.26 Å². The fraction of sp³-hybridized carbons (Fsp3) is 0.185. The number of hydrogen-bond donors (Lipinski definition) is 1. The summed E-state index contributed by atoms with van der Waals surface area (Å²) >= 11 is 0. The average Bonchev–Trinajstić information content (AvgIpc) is 3.48. The molecule has 1 aliphatic carbocycles. The summed E-state index contributed by atoms with van der Waals surface area (Å²) in [5, 5.41) is 9.79. The Labute approximate surface area is 201 Å². The highest BCUT2D eigenvalue weighted by Gasteiger charge is 2.28. The number of esters is 1. The minimum atomic E-state index is -0.640. The number of ether oxygens (including phenoxy) is 3. The number of nitriles is 1. The molecule has 0 saturated carbocycles. The standard InChI is InChI=1S/C27H21N3O5/c1-15(29)20(12-28)22(31)13-33-27(32)25-18-4-2-3-5-21(18)30-26-17(7-8-19(25)26)10-16-6-9-23-24(11-16)35-14-34-23/h2-6,9-11H,7-8,13-14,29H2,1H3/b17-10-,20-15-. The number of benzene rings is 2. The van der Waals surface area contributed by atoms with Crippen LogP contribution in [0.3, 0.4) is 0 Å². The number of hydrogen-bond acceptors (Lipinski definition) is 8. The summed E-state index contributed by atoms with van der Waals surface area (Å²) in [6, 6.07) is 14.8. The Hall–Kier alpha value is -4.64. The number of para-hydroxylation sites is 1. The Bertz CT molecular complexity index is 1490. The molecule has 2 N–H and O–H groups in total. The summed E-state index contributed by atoms with van der Waals surface area (Å²) in [6.07, 6.45) is 3.33. The van der Waals surface area contributed by atoms with Gasteiger partial charge in [0.15, 0.2) is 18.1 Å². The third kappa shape index (κ3) is 4.08. The maximum atomic E-state index is 13.2. The third-order valence-electron chi connectivity index (χ3n) is 6.00. The molecule has 35 heavy (non-hydrogen) atoms. The van der Waals surface area contributed by atoms with Crippen LogP contribution in [0.1, 0.15) is 40.5 Å². The highest BCUT2D eigenvalue weighted by Crippen LogP contribution is 2.39. The molecule has 1 aliphatic heterocycles. The summed E-state index contributed by atoms with van der Waals surface area (Å²) in [5.41, 5.74) is 9.94. The number of ketones is 1. The lowest BCUT2D eigenvalue weighted by molar-refractivity contribution is -0.118. The molecular weight excluding hydrogens is 446 g/mol. The zero-order valence-corrected chi connectivity index (χ0v) is 19.0. The van der Waals surface area contributed by atoms with Gasteiger partial charge in [-0.3, -0.25) is 4.79 Å². The zero-order valence-electron chi connectivity index (χ0n) is 19.0. The Balaban J connectivity index is 1.51. The first-order valence-electron chi connectivity index (χ1n) is 11.0. The van der Waals surface area contributed by atoms with Crippen LogP contribution >= 0.6 is 0 Å². The number of nitrogens with two attached hydrogens (primary N) is 1. The van der Waals surface area contributed by atoms with Crippen LogP contribution in [0.25, 0.3) is 22.6 Å². The summed E-state index contributed by atoms with van der Waals surface area (Å²) in [6.45, 7) is 1.09. The first-order valence-corrected chi connectivity index (χ1v) is 11.0. The fourth-order valence-electron chi connectivity index (χ4n) is 4.36. The van der Waals surface area contributed by atoms with Gasteiger partial charge in [-0.05, 0) is 60.7 Å². The van der Waals surface area contributed by atoms with Gasteiger partial charge in [0.05, 0.1) is 16.8 Å². The Morgan fingerprint density at radius 1 is 1.17 bits per heavy atom. The van der Waals surface area contributed by atoms with Crippen molar-refractivity contribution in [2.24, 2.45) is 5.73 Å². The van der Waals surface area contributed by atoms with Gasteiger partial charge in [0.1, 0.15) is 11.6 Å². The van der Waals surface area contributed by atoms with E-state index in [1.54, 1.807) is 6.07 Å². The second kappa shape index (κ2) is 8.95. The van der Waals surface area contributed by atoms with Crippen LogP contribution in [0.5, 0.6) is 11.5 Å². The molecule has 2 aliphatic rings. The minimum Gasteiger partial charge on any atom is -0.454 e. The molecule has 5 rings (SSSR count). The Morgan fingerprint density at radius 3 is 2.77 bits per heavy atom. The highest BCUT2D eigenvalue weighted by molar-refractivity contribution is 6.08. The topological polar surface area (TPSA) is 125 Å². The van der Waals surface area contributed by atoms with Crippen LogP contribution in [0.2, 0.25) is 0 Å². The molecule has 8 nitrogen and oxygen atoms in total.